The van der Waals surface area contributed by atoms with Crippen molar-refractivity contribution in [2.45, 2.75) is 71.6 Å². The van der Waals surface area contributed by atoms with Gasteiger partial charge in [0.2, 0.25) is 6.08 Å². The van der Waals surface area contributed by atoms with Crippen molar-refractivity contribution in [1.82, 2.24) is 0 Å². The SMILES string of the molecule is C=CC.CCCCCCCCCCOCCCN=C=O. The van der Waals surface area contributed by atoms with Crippen LogP contribution in [-0.4, -0.2) is 25.8 Å². The quantitative estimate of drug-likeness (QED) is 0.205. The Kier molecular flexibility index (Phi) is 24.8. The van der Waals surface area contributed by atoms with E-state index in [0.717, 1.165) is 19.4 Å². The molecule has 0 atom stereocenters. The molecule has 0 heterocycles. The van der Waals surface area contributed by atoms with Crippen LogP contribution in [0.1, 0.15) is 71.6 Å². The van der Waals surface area contributed by atoms with Crippen LogP contribution in [0.5, 0.6) is 0 Å². The Morgan fingerprint density at radius 1 is 1.00 bits per heavy atom. The van der Waals surface area contributed by atoms with Crippen molar-refractivity contribution < 1.29 is 9.53 Å². The lowest BCUT2D eigenvalue weighted by Gasteiger charge is -2.03. The molecule has 0 bridgehead atoms. The maximum atomic E-state index is 9.77. The summed E-state index contributed by atoms with van der Waals surface area (Å²) in [7, 11) is 0. The van der Waals surface area contributed by atoms with E-state index in [1.807, 2.05) is 6.92 Å². The summed E-state index contributed by atoms with van der Waals surface area (Å²) < 4.78 is 5.44. The molecule has 0 rings (SSSR count). The molecule has 0 fully saturated rings. The normalized spacial score (nSPS) is 9.30. The number of hydrogen-bond acceptors (Lipinski definition) is 3. The number of unbranched alkanes of at least 4 members (excludes halogenated alkanes) is 7. The van der Waals surface area contributed by atoms with E-state index in [1.54, 1.807) is 6.08 Å². The number of isocyanates is 1. The molecule has 0 amide bonds. The molecule has 0 aromatic heterocycles. The zero-order valence-corrected chi connectivity index (χ0v) is 13.5. The highest BCUT2D eigenvalue weighted by atomic mass is 16.5. The monoisotopic (exact) mass is 283 g/mol. The molecule has 0 saturated heterocycles. The van der Waals surface area contributed by atoms with Crippen LogP contribution in [-0.2, 0) is 9.53 Å². The first-order valence-electron chi connectivity index (χ1n) is 8.01. The van der Waals surface area contributed by atoms with Gasteiger partial charge >= 0.3 is 0 Å². The van der Waals surface area contributed by atoms with Crippen molar-refractivity contribution in [2.24, 2.45) is 4.99 Å². The molecule has 0 spiro atoms. The van der Waals surface area contributed by atoms with Gasteiger partial charge in [0.25, 0.3) is 0 Å². The van der Waals surface area contributed by atoms with Gasteiger partial charge in [-0.05, 0) is 19.8 Å². The summed E-state index contributed by atoms with van der Waals surface area (Å²) in [5, 5.41) is 0. The van der Waals surface area contributed by atoms with Gasteiger partial charge in [0.1, 0.15) is 0 Å². The van der Waals surface area contributed by atoms with E-state index in [-0.39, 0.29) is 0 Å². The van der Waals surface area contributed by atoms with Crippen molar-refractivity contribution in [2.75, 3.05) is 19.8 Å². The third-order valence-corrected chi connectivity index (χ3v) is 2.77. The largest absolute Gasteiger partial charge is 0.381 e. The number of allylic oxidation sites excluding steroid dienone is 1. The van der Waals surface area contributed by atoms with Crippen molar-refractivity contribution in [3.63, 3.8) is 0 Å². The Hall–Kier alpha value is -0.920. The smallest absolute Gasteiger partial charge is 0.234 e. The van der Waals surface area contributed by atoms with Crippen molar-refractivity contribution in [1.29, 1.82) is 0 Å². The molecule has 0 aliphatic heterocycles. The van der Waals surface area contributed by atoms with Crippen LogP contribution >= 0.6 is 0 Å². The minimum atomic E-state index is 0.543. The molecular formula is C17H33NO2. The van der Waals surface area contributed by atoms with Crippen LogP contribution in [0.15, 0.2) is 17.6 Å². The van der Waals surface area contributed by atoms with Crippen LogP contribution < -0.4 is 0 Å². The maximum Gasteiger partial charge on any atom is 0.234 e. The summed E-state index contributed by atoms with van der Waals surface area (Å²) in [6, 6.07) is 0. The highest BCUT2D eigenvalue weighted by Gasteiger charge is 1.92. The van der Waals surface area contributed by atoms with Gasteiger partial charge in [0, 0.05) is 13.2 Å². The minimum Gasteiger partial charge on any atom is -0.381 e. The van der Waals surface area contributed by atoms with Crippen molar-refractivity contribution >= 4 is 6.08 Å². The molecule has 0 aromatic rings. The Morgan fingerprint density at radius 2 is 1.50 bits per heavy atom. The Bertz CT molecular complexity index is 223. The molecule has 0 N–H and O–H groups in total. The number of carbonyl (C=O) groups excluding carboxylic acids is 1. The lowest BCUT2D eigenvalue weighted by molar-refractivity contribution is 0.129. The number of hydrogen-bond donors (Lipinski definition) is 0. The third-order valence-electron chi connectivity index (χ3n) is 2.77. The van der Waals surface area contributed by atoms with Gasteiger partial charge in [0.05, 0.1) is 6.54 Å². The first kappa shape index (κ1) is 21.4. The van der Waals surface area contributed by atoms with Gasteiger partial charge in [0.15, 0.2) is 0 Å². The zero-order chi connectivity index (χ0) is 15.3. The molecule has 0 saturated carbocycles. The highest BCUT2D eigenvalue weighted by molar-refractivity contribution is 5.32. The van der Waals surface area contributed by atoms with Crippen LogP contribution in [0.25, 0.3) is 0 Å². The van der Waals surface area contributed by atoms with Crippen LogP contribution in [0, 0.1) is 0 Å². The lowest BCUT2D eigenvalue weighted by Crippen LogP contribution is -1.98. The van der Waals surface area contributed by atoms with E-state index in [4.69, 9.17) is 4.74 Å². The van der Waals surface area contributed by atoms with Gasteiger partial charge in [-0.3, -0.25) is 0 Å². The summed E-state index contributed by atoms with van der Waals surface area (Å²) >= 11 is 0. The molecule has 118 valence electrons. The lowest BCUT2D eigenvalue weighted by atomic mass is 10.1. The van der Waals surface area contributed by atoms with E-state index >= 15 is 0 Å². The van der Waals surface area contributed by atoms with E-state index in [0.29, 0.717) is 13.2 Å². The molecule has 3 nitrogen and oxygen atoms in total. The van der Waals surface area contributed by atoms with Crippen LogP contribution in [0.3, 0.4) is 0 Å². The standard InChI is InChI=1S/C14H27NO2.C3H6/c1-2-3-4-5-6-7-8-9-12-17-13-10-11-15-14-16;1-3-2/h2-13H2,1H3;3H,1H2,2H3. The Balaban J connectivity index is 0. The van der Waals surface area contributed by atoms with E-state index in [2.05, 4.69) is 18.5 Å². The second kappa shape index (κ2) is 23.2. The molecule has 3 heteroatoms. The van der Waals surface area contributed by atoms with Gasteiger partial charge in [-0.2, -0.15) is 0 Å². The van der Waals surface area contributed by atoms with E-state index in [9.17, 15) is 4.79 Å². The summed E-state index contributed by atoms with van der Waals surface area (Å²) in [6.07, 6.45) is 14.7. The topological polar surface area (TPSA) is 38.7 Å². The van der Waals surface area contributed by atoms with Gasteiger partial charge in [-0.15, -0.1) is 6.58 Å². The van der Waals surface area contributed by atoms with Crippen LogP contribution in [0.2, 0.25) is 0 Å². The number of nitrogens with zero attached hydrogens (tertiary/aromatic N) is 1. The number of ether oxygens (including phenoxy) is 1. The number of aliphatic imine (C=N–C) groups is 1. The highest BCUT2D eigenvalue weighted by Crippen LogP contribution is 2.08. The first-order chi connectivity index (χ1) is 9.83. The van der Waals surface area contributed by atoms with E-state index < -0.39 is 0 Å². The fraction of sp³-hybridized carbons (Fsp3) is 0.824. The minimum absolute atomic E-state index is 0.543. The summed E-state index contributed by atoms with van der Waals surface area (Å²) in [5.74, 6) is 0. The molecule has 0 aromatic carbocycles. The molecule has 0 aliphatic carbocycles. The fourth-order valence-electron chi connectivity index (χ4n) is 1.73. The van der Waals surface area contributed by atoms with Gasteiger partial charge in [-0.25, -0.2) is 9.79 Å². The van der Waals surface area contributed by atoms with E-state index in [1.165, 1.54) is 51.0 Å². The average Bonchev–Trinajstić information content (AvgIpc) is 2.45. The van der Waals surface area contributed by atoms with Gasteiger partial charge in [-0.1, -0.05) is 57.9 Å². The molecule has 0 aliphatic rings. The summed E-state index contributed by atoms with van der Waals surface area (Å²) in [6.45, 7) is 9.60. The number of rotatable bonds is 13. The van der Waals surface area contributed by atoms with Crippen LogP contribution in [0.4, 0.5) is 0 Å². The molecule has 0 unspecified atom stereocenters. The second-order valence-corrected chi connectivity index (χ2v) is 4.82. The summed E-state index contributed by atoms with van der Waals surface area (Å²) in [4.78, 5) is 13.2. The fourth-order valence-corrected chi connectivity index (χ4v) is 1.73. The predicted octanol–water partition coefficient (Wildman–Crippen LogP) is 5.06. The van der Waals surface area contributed by atoms with Crippen molar-refractivity contribution in [3.05, 3.63) is 12.7 Å². The van der Waals surface area contributed by atoms with Gasteiger partial charge < -0.3 is 4.74 Å². The first-order valence-corrected chi connectivity index (χ1v) is 8.01. The molecule has 0 radical (unpaired) electrons. The summed E-state index contributed by atoms with van der Waals surface area (Å²) in [5.41, 5.74) is 0. The predicted molar refractivity (Wildman–Crippen MR) is 86.9 cm³/mol. The zero-order valence-electron chi connectivity index (χ0n) is 13.5. The Morgan fingerprint density at radius 3 is 2.05 bits per heavy atom. The Labute approximate surface area is 125 Å². The van der Waals surface area contributed by atoms with Crippen molar-refractivity contribution in [3.8, 4) is 0 Å². The third kappa shape index (κ3) is 25.8. The molecular weight excluding hydrogens is 250 g/mol. The average molecular weight is 283 g/mol. The maximum absolute atomic E-state index is 9.77. The molecule has 20 heavy (non-hydrogen) atoms. The second-order valence-electron chi connectivity index (χ2n) is 4.82.